The van der Waals surface area contributed by atoms with Gasteiger partial charge < -0.3 is 19.9 Å². The van der Waals surface area contributed by atoms with Crippen molar-refractivity contribution in [2.24, 2.45) is 0 Å². The number of nitrogens with one attached hydrogen (secondary N) is 1. The molecule has 2 saturated heterocycles. The van der Waals surface area contributed by atoms with Gasteiger partial charge in [-0.1, -0.05) is 15.9 Å². The third-order valence-electron chi connectivity index (χ3n) is 4.26. The number of ether oxygens (including phenoxy) is 1. The Morgan fingerprint density at radius 2 is 1.92 bits per heavy atom. The molecule has 2 fully saturated rings. The first-order chi connectivity index (χ1) is 11.5. The second-order valence-electron chi connectivity index (χ2n) is 5.87. The molecule has 1 aromatic carbocycles. The standard InChI is InChI=1S/C16H19BrFN3O3/c17-11-3-4-13(12(18)10-11)19-16(23)21-7-5-20(6-8-21)15(22)14-2-1-9-24-14/h3-4,10,14H,1-2,5-9H2,(H,19,23). The van der Waals surface area contributed by atoms with E-state index >= 15 is 0 Å². The first-order valence-corrected chi connectivity index (χ1v) is 8.75. The second-order valence-corrected chi connectivity index (χ2v) is 6.78. The van der Waals surface area contributed by atoms with Crippen molar-refractivity contribution in [3.8, 4) is 0 Å². The fraction of sp³-hybridized carbons (Fsp3) is 0.500. The lowest BCUT2D eigenvalue weighted by atomic mass is 10.2. The van der Waals surface area contributed by atoms with Crippen LogP contribution in [0.25, 0.3) is 0 Å². The number of urea groups is 1. The molecule has 0 saturated carbocycles. The first-order valence-electron chi connectivity index (χ1n) is 7.96. The maximum absolute atomic E-state index is 13.8. The highest BCUT2D eigenvalue weighted by molar-refractivity contribution is 9.10. The largest absolute Gasteiger partial charge is 0.368 e. The number of rotatable bonds is 2. The molecule has 1 aromatic rings. The summed E-state index contributed by atoms with van der Waals surface area (Å²) in [7, 11) is 0. The number of amides is 3. The van der Waals surface area contributed by atoms with E-state index in [-0.39, 0.29) is 23.7 Å². The average molecular weight is 400 g/mol. The molecule has 0 bridgehead atoms. The van der Waals surface area contributed by atoms with Gasteiger partial charge in [0.15, 0.2) is 0 Å². The summed E-state index contributed by atoms with van der Waals surface area (Å²) in [4.78, 5) is 27.8. The summed E-state index contributed by atoms with van der Waals surface area (Å²) in [5.41, 5.74) is 0.140. The molecule has 1 unspecified atom stereocenters. The predicted octanol–water partition coefficient (Wildman–Crippen LogP) is 2.44. The van der Waals surface area contributed by atoms with E-state index in [0.717, 1.165) is 12.8 Å². The Kier molecular flexibility index (Phi) is 5.35. The van der Waals surface area contributed by atoms with Crippen molar-refractivity contribution < 1.29 is 18.7 Å². The zero-order valence-corrected chi connectivity index (χ0v) is 14.7. The number of carbonyl (C=O) groups is 2. The number of hydrogen-bond donors (Lipinski definition) is 1. The average Bonchev–Trinajstić information content (AvgIpc) is 3.11. The smallest absolute Gasteiger partial charge is 0.322 e. The molecule has 24 heavy (non-hydrogen) atoms. The molecule has 0 spiro atoms. The quantitative estimate of drug-likeness (QED) is 0.830. The van der Waals surface area contributed by atoms with Crippen LogP contribution in [-0.2, 0) is 9.53 Å². The summed E-state index contributed by atoms with van der Waals surface area (Å²) in [5.74, 6) is -0.489. The summed E-state index contributed by atoms with van der Waals surface area (Å²) < 4.78 is 19.8. The van der Waals surface area contributed by atoms with Crippen molar-refractivity contribution in [3.63, 3.8) is 0 Å². The number of benzene rings is 1. The zero-order valence-electron chi connectivity index (χ0n) is 13.1. The minimum Gasteiger partial charge on any atom is -0.368 e. The van der Waals surface area contributed by atoms with Crippen molar-refractivity contribution in [1.29, 1.82) is 0 Å². The van der Waals surface area contributed by atoms with Crippen LogP contribution in [0.1, 0.15) is 12.8 Å². The Bertz CT molecular complexity index is 629. The molecule has 2 aliphatic heterocycles. The molecule has 0 radical (unpaired) electrons. The zero-order chi connectivity index (χ0) is 17.1. The molecule has 2 heterocycles. The Hall–Kier alpha value is -1.67. The molecule has 130 valence electrons. The molecular formula is C16H19BrFN3O3. The van der Waals surface area contributed by atoms with E-state index in [2.05, 4.69) is 21.2 Å². The van der Waals surface area contributed by atoms with Crippen molar-refractivity contribution >= 4 is 33.6 Å². The molecule has 3 rings (SSSR count). The maximum atomic E-state index is 13.8. The van der Waals surface area contributed by atoms with Gasteiger partial charge in [0.25, 0.3) is 5.91 Å². The fourth-order valence-corrected chi connectivity index (χ4v) is 3.22. The van der Waals surface area contributed by atoms with Crippen molar-refractivity contribution in [2.45, 2.75) is 18.9 Å². The number of piperazine rings is 1. The first kappa shape index (κ1) is 17.2. The number of carbonyl (C=O) groups excluding carboxylic acids is 2. The van der Waals surface area contributed by atoms with Crippen LogP contribution in [0.2, 0.25) is 0 Å². The molecular weight excluding hydrogens is 381 g/mol. The van der Waals surface area contributed by atoms with Crippen molar-refractivity contribution in [1.82, 2.24) is 9.80 Å². The minimum absolute atomic E-state index is 0.00603. The molecule has 2 aliphatic rings. The van der Waals surface area contributed by atoms with Gasteiger partial charge in [-0.15, -0.1) is 0 Å². The van der Waals surface area contributed by atoms with Crippen LogP contribution in [0.15, 0.2) is 22.7 Å². The lowest BCUT2D eigenvalue weighted by Gasteiger charge is -2.35. The van der Waals surface area contributed by atoms with Gasteiger partial charge in [0.05, 0.1) is 5.69 Å². The number of anilines is 1. The molecule has 0 aliphatic carbocycles. The third-order valence-corrected chi connectivity index (χ3v) is 4.75. The van der Waals surface area contributed by atoms with E-state index in [9.17, 15) is 14.0 Å². The lowest BCUT2D eigenvalue weighted by Crippen LogP contribution is -2.53. The van der Waals surface area contributed by atoms with Crippen molar-refractivity contribution in [2.75, 3.05) is 38.1 Å². The van der Waals surface area contributed by atoms with Crippen LogP contribution in [0.4, 0.5) is 14.9 Å². The molecule has 1 atom stereocenters. The van der Waals surface area contributed by atoms with Gasteiger partial charge in [0.2, 0.25) is 0 Å². The lowest BCUT2D eigenvalue weighted by molar-refractivity contribution is -0.142. The number of hydrogen-bond acceptors (Lipinski definition) is 3. The van der Waals surface area contributed by atoms with Gasteiger partial charge in [-0.25, -0.2) is 9.18 Å². The summed E-state index contributed by atoms with van der Waals surface area (Å²) >= 11 is 3.18. The molecule has 3 amide bonds. The van der Waals surface area contributed by atoms with Gasteiger partial charge in [-0.3, -0.25) is 4.79 Å². The number of nitrogens with zero attached hydrogens (tertiary/aromatic N) is 2. The van der Waals surface area contributed by atoms with E-state index < -0.39 is 5.82 Å². The van der Waals surface area contributed by atoms with Crippen LogP contribution in [0.5, 0.6) is 0 Å². The maximum Gasteiger partial charge on any atom is 0.322 e. The SMILES string of the molecule is O=C(Nc1ccc(Br)cc1F)N1CCN(C(=O)C2CCCO2)CC1. The van der Waals surface area contributed by atoms with Crippen LogP contribution in [0, 0.1) is 5.82 Å². The summed E-state index contributed by atoms with van der Waals surface area (Å²) in [5, 5.41) is 2.57. The van der Waals surface area contributed by atoms with Gasteiger partial charge in [-0.2, -0.15) is 0 Å². The summed E-state index contributed by atoms with van der Waals surface area (Å²) in [6, 6.07) is 4.11. The highest BCUT2D eigenvalue weighted by Crippen LogP contribution is 2.20. The van der Waals surface area contributed by atoms with E-state index in [0.29, 0.717) is 37.3 Å². The monoisotopic (exact) mass is 399 g/mol. The van der Waals surface area contributed by atoms with Gasteiger partial charge in [0.1, 0.15) is 11.9 Å². The fourth-order valence-electron chi connectivity index (χ4n) is 2.89. The normalized spacial score (nSPS) is 21.0. The molecule has 8 heteroatoms. The molecule has 0 aromatic heterocycles. The Labute approximate surface area is 148 Å². The highest BCUT2D eigenvalue weighted by Gasteiger charge is 2.31. The summed E-state index contributed by atoms with van der Waals surface area (Å²) in [6.07, 6.45) is 1.35. The van der Waals surface area contributed by atoms with Gasteiger partial charge in [0, 0.05) is 37.3 Å². The van der Waals surface area contributed by atoms with Crippen LogP contribution < -0.4 is 5.32 Å². The second kappa shape index (κ2) is 7.48. The third kappa shape index (κ3) is 3.87. The van der Waals surface area contributed by atoms with Gasteiger partial charge >= 0.3 is 6.03 Å². The van der Waals surface area contributed by atoms with Crippen LogP contribution in [-0.4, -0.2) is 60.6 Å². The van der Waals surface area contributed by atoms with Gasteiger partial charge in [-0.05, 0) is 31.0 Å². The van der Waals surface area contributed by atoms with E-state index in [1.54, 1.807) is 15.9 Å². The molecule has 1 N–H and O–H groups in total. The Morgan fingerprint density at radius 1 is 1.21 bits per heavy atom. The van der Waals surface area contributed by atoms with E-state index in [1.807, 2.05) is 0 Å². The minimum atomic E-state index is -0.495. The topological polar surface area (TPSA) is 61.9 Å². The predicted molar refractivity (Wildman–Crippen MR) is 90.2 cm³/mol. The Balaban J connectivity index is 1.52. The summed E-state index contributed by atoms with van der Waals surface area (Å²) in [6.45, 7) is 2.41. The highest BCUT2D eigenvalue weighted by atomic mass is 79.9. The number of halogens is 2. The molecule has 6 nitrogen and oxygen atoms in total. The van der Waals surface area contributed by atoms with Crippen LogP contribution in [0.3, 0.4) is 0 Å². The van der Waals surface area contributed by atoms with Crippen LogP contribution >= 0.6 is 15.9 Å². The van der Waals surface area contributed by atoms with E-state index in [1.165, 1.54) is 12.1 Å². The van der Waals surface area contributed by atoms with E-state index in [4.69, 9.17) is 4.74 Å². The van der Waals surface area contributed by atoms with Crippen molar-refractivity contribution in [3.05, 3.63) is 28.5 Å². The Morgan fingerprint density at radius 3 is 2.54 bits per heavy atom.